The summed E-state index contributed by atoms with van der Waals surface area (Å²) in [6, 6.07) is 9.83. The number of aromatic nitrogens is 4. The minimum atomic E-state index is 0.636. The predicted molar refractivity (Wildman–Crippen MR) is 94.0 cm³/mol. The molecule has 2 heterocycles. The van der Waals surface area contributed by atoms with Crippen molar-refractivity contribution in [2.45, 2.75) is 13.3 Å². The molecule has 5 nitrogen and oxygen atoms in total. The Labute approximate surface area is 134 Å². The molecule has 0 aliphatic rings. The molecule has 5 heteroatoms. The third kappa shape index (κ3) is 2.94. The predicted octanol–water partition coefficient (Wildman–Crippen LogP) is 3.72. The topological polar surface area (TPSA) is 55.4 Å². The molecule has 0 saturated heterocycles. The van der Waals surface area contributed by atoms with E-state index in [0.29, 0.717) is 6.42 Å². The van der Waals surface area contributed by atoms with Gasteiger partial charge in [0.1, 0.15) is 0 Å². The maximum atomic E-state index is 4.47. The maximum Gasteiger partial charge on any atom is 0.177 e. The van der Waals surface area contributed by atoms with Gasteiger partial charge in [0.15, 0.2) is 11.5 Å². The van der Waals surface area contributed by atoms with Crippen LogP contribution in [0.3, 0.4) is 0 Å². The fourth-order valence-electron chi connectivity index (χ4n) is 2.42. The van der Waals surface area contributed by atoms with Crippen LogP contribution in [0, 0.1) is 0 Å². The van der Waals surface area contributed by atoms with Gasteiger partial charge in [-0.1, -0.05) is 24.8 Å². The van der Waals surface area contributed by atoms with Crippen LogP contribution in [0.15, 0.2) is 48.0 Å². The van der Waals surface area contributed by atoms with Gasteiger partial charge in [0.05, 0.1) is 11.4 Å². The number of nitrogens with zero attached hydrogens (tertiary/aromatic N) is 5. The molecular weight excluding hydrogens is 286 g/mol. The third-order valence-electron chi connectivity index (χ3n) is 3.53. The summed E-state index contributed by atoms with van der Waals surface area (Å²) in [4.78, 5) is 4.04. The summed E-state index contributed by atoms with van der Waals surface area (Å²) in [5, 5.41) is 12.9. The minimum Gasteiger partial charge on any atom is -0.264 e. The van der Waals surface area contributed by atoms with Crippen LogP contribution in [0.1, 0.15) is 29.6 Å². The van der Waals surface area contributed by atoms with Gasteiger partial charge in [-0.3, -0.25) is 4.99 Å². The number of allylic oxidation sites excluding steroid dienone is 1. The van der Waals surface area contributed by atoms with Gasteiger partial charge in [-0.2, -0.15) is 9.61 Å². The van der Waals surface area contributed by atoms with Crippen molar-refractivity contribution in [1.29, 1.82) is 0 Å². The zero-order valence-corrected chi connectivity index (χ0v) is 13.0. The lowest BCUT2D eigenvalue weighted by Crippen LogP contribution is -2.01. The highest BCUT2D eigenvalue weighted by Crippen LogP contribution is 2.23. The first-order valence-electron chi connectivity index (χ1n) is 7.31. The van der Waals surface area contributed by atoms with Crippen molar-refractivity contribution in [1.82, 2.24) is 19.8 Å². The Balaban J connectivity index is 2.00. The van der Waals surface area contributed by atoms with Gasteiger partial charge in [-0.05, 0) is 49.5 Å². The van der Waals surface area contributed by atoms with E-state index < -0.39 is 0 Å². The van der Waals surface area contributed by atoms with E-state index in [1.807, 2.05) is 43.3 Å². The van der Waals surface area contributed by atoms with Gasteiger partial charge in [0.25, 0.3) is 0 Å². The Morgan fingerprint density at radius 1 is 1.22 bits per heavy atom. The van der Waals surface area contributed by atoms with Gasteiger partial charge in [-0.15, -0.1) is 10.2 Å². The smallest absolute Gasteiger partial charge is 0.177 e. The second-order valence-electron chi connectivity index (χ2n) is 5.08. The molecule has 0 N–H and O–H groups in total. The van der Waals surface area contributed by atoms with Gasteiger partial charge in [0.2, 0.25) is 0 Å². The Morgan fingerprint density at radius 3 is 2.83 bits per heavy atom. The van der Waals surface area contributed by atoms with E-state index >= 15 is 0 Å². The summed E-state index contributed by atoms with van der Waals surface area (Å²) in [6.07, 6.45) is 6.34. The largest absolute Gasteiger partial charge is 0.264 e. The molecule has 0 aliphatic carbocycles. The van der Waals surface area contributed by atoms with Crippen LogP contribution in [-0.2, 0) is 6.42 Å². The number of fused-ring (bicyclic) bond motifs is 1. The SMILES string of the molecule is C=Cc1ccc2nnc(Cc3ccc(N=C)c(/C=C\C)c3)n2n1. The standard InChI is InChI=1S/C18H17N5/c1-4-6-14-11-13(7-9-16(14)19-3)12-18-21-20-17-10-8-15(5-2)22-23(17)18/h4-11H,2-3,12H2,1H3/b6-4-. The first-order valence-corrected chi connectivity index (χ1v) is 7.31. The zero-order valence-electron chi connectivity index (χ0n) is 13.0. The lowest BCUT2D eigenvalue weighted by molar-refractivity contribution is 0.833. The second-order valence-corrected chi connectivity index (χ2v) is 5.08. The summed E-state index contributed by atoms with van der Waals surface area (Å²) in [6.45, 7) is 9.33. The van der Waals surface area contributed by atoms with Crippen molar-refractivity contribution in [3.8, 4) is 0 Å². The lowest BCUT2D eigenvalue weighted by atomic mass is 10.1. The number of hydrogen-bond acceptors (Lipinski definition) is 4. The Kier molecular flexibility index (Phi) is 4.10. The highest BCUT2D eigenvalue weighted by molar-refractivity contribution is 5.66. The maximum absolute atomic E-state index is 4.47. The van der Waals surface area contributed by atoms with E-state index in [-0.39, 0.29) is 0 Å². The molecule has 0 amide bonds. The molecule has 0 aliphatic heterocycles. The molecule has 3 rings (SSSR count). The van der Waals surface area contributed by atoms with E-state index in [2.05, 4.69) is 39.7 Å². The molecule has 0 spiro atoms. The van der Waals surface area contributed by atoms with Crippen molar-refractivity contribution in [2.75, 3.05) is 0 Å². The van der Waals surface area contributed by atoms with Crippen LogP contribution in [0.4, 0.5) is 5.69 Å². The van der Waals surface area contributed by atoms with Crippen LogP contribution in [-0.4, -0.2) is 26.5 Å². The van der Waals surface area contributed by atoms with Gasteiger partial charge >= 0.3 is 0 Å². The van der Waals surface area contributed by atoms with Crippen molar-refractivity contribution < 1.29 is 0 Å². The summed E-state index contributed by atoms with van der Waals surface area (Å²) < 4.78 is 1.76. The van der Waals surface area contributed by atoms with E-state index in [0.717, 1.165) is 34.0 Å². The zero-order chi connectivity index (χ0) is 16.2. The minimum absolute atomic E-state index is 0.636. The summed E-state index contributed by atoms with van der Waals surface area (Å²) >= 11 is 0. The first kappa shape index (κ1) is 14.8. The molecule has 0 radical (unpaired) electrons. The number of rotatable bonds is 5. The van der Waals surface area contributed by atoms with Crippen molar-refractivity contribution in [3.63, 3.8) is 0 Å². The number of benzene rings is 1. The Bertz CT molecular complexity index is 905. The summed E-state index contributed by atoms with van der Waals surface area (Å²) in [5.41, 5.74) is 4.53. The Hall–Kier alpha value is -3.08. The molecule has 1 aromatic carbocycles. The van der Waals surface area contributed by atoms with E-state index in [9.17, 15) is 0 Å². The summed E-state index contributed by atoms with van der Waals surface area (Å²) in [7, 11) is 0. The molecule has 114 valence electrons. The van der Waals surface area contributed by atoms with E-state index in [1.54, 1.807) is 10.6 Å². The number of aliphatic imine (C=N–C) groups is 1. The van der Waals surface area contributed by atoms with Crippen LogP contribution in [0.2, 0.25) is 0 Å². The Morgan fingerprint density at radius 2 is 2.09 bits per heavy atom. The van der Waals surface area contributed by atoms with Crippen molar-refractivity contribution in [3.05, 3.63) is 65.6 Å². The summed E-state index contributed by atoms with van der Waals surface area (Å²) in [5.74, 6) is 0.787. The average molecular weight is 303 g/mol. The quantitative estimate of drug-likeness (QED) is 0.675. The van der Waals surface area contributed by atoms with Crippen LogP contribution < -0.4 is 0 Å². The van der Waals surface area contributed by atoms with E-state index in [4.69, 9.17) is 0 Å². The van der Waals surface area contributed by atoms with E-state index in [1.165, 1.54) is 0 Å². The fraction of sp³-hybridized carbons (Fsp3) is 0.111. The molecule has 23 heavy (non-hydrogen) atoms. The van der Waals surface area contributed by atoms with Crippen LogP contribution in [0.5, 0.6) is 0 Å². The molecule has 2 aromatic heterocycles. The van der Waals surface area contributed by atoms with Crippen molar-refractivity contribution >= 4 is 30.2 Å². The molecule has 0 bridgehead atoms. The highest BCUT2D eigenvalue weighted by Gasteiger charge is 2.09. The van der Waals surface area contributed by atoms with Gasteiger partial charge < -0.3 is 0 Å². The molecule has 0 atom stereocenters. The first-order chi connectivity index (χ1) is 11.2. The molecule has 3 aromatic rings. The normalized spacial score (nSPS) is 11.2. The average Bonchev–Trinajstić information content (AvgIpc) is 2.97. The van der Waals surface area contributed by atoms with Crippen molar-refractivity contribution in [2.24, 2.45) is 4.99 Å². The number of hydrogen-bond donors (Lipinski definition) is 0. The lowest BCUT2D eigenvalue weighted by Gasteiger charge is -2.05. The molecule has 0 saturated carbocycles. The molecule has 0 fully saturated rings. The van der Waals surface area contributed by atoms with Crippen LogP contribution in [0.25, 0.3) is 17.8 Å². The monoisotopic (exact) mass is 303 g/mol. The third-order valence-corrected chi connectivity index (χ3v) is 3.53. The highest BCUT2D eigenvalue weighted by atomic mass is 15.4. The van der Waals surface area contributed by atoms with Crippen LogP contribution >= 0.6 is 0 Å². The molecule has 0 unspecified atom stereocenters. The second kappa shape index (κ2) is 6.36. The van der Waals surface area contributed by atoms with Gasteiger partial charge in [0, 0.05) is 12.0 Å². The van der Waals surface area contributed by atoms with Gasteiger partial charge in [-0.25, -0.2) is 0 Å². The molecular formula is C18H17N5. The fourth-order valence-corrected chi connectivity index (χ4v) is 2.42.